The summed E-state index contributed by atoms with van der Waals surface area (Å²) in [4.78, 5) is 15.5. The number of piperidine rings is 1. The lowest BCUT2D eigenvalue weighted by Gasteiger charge is -2.30. The van der Waals surface area contributed by atoms with E-state index in [1.165, 1.54) is 4.70 Å². The highest BCUT2D eigenvalue weighted by molar-refractivity contribution is 7.22. The number of para-hydroxylation sites is 2. The van der Waals surface area contributed by atoms with Gasteiger partial charge in [-0.15, -0.1) is 0 Å². The van der Waals surface area contributed by atoms with Crippen LogP contribution in [0.5, 0.6) is 5.75 Å². The molecule has 0 radical (unpaired) electrons. The number of fused-ring (bicyclic) bond motifs is 2. The van der Waals surface area contributed by atoms with Crippen molar-refractivity contribution in [2.75, 3.05) is 25.1 Å². The van der Waals surface area contributed by atoms with Crippen LogP contribution in [0.2, 0.25) is 0 Å². The predicted octanol–water partition coefficient (Wildman–Crippen LogP) is 4.57. The van der Waals surface area contributed by atoms with Crippen LogP contribution in [-0.4, -0.2) is 35.2 Å². The summed E-state index contributed by atoms with van der Waals surface area (Å²) in [7, 11) is 1.70. The van der Waals surface area contributed by atoms with Crippen LogP contribution >= 0.6 is 11.3 Å². The third-order valence-electron chi connectivity index (χ3n) is 5.14. The molecule has 1 N–H and O–H groups in total. The van der Waals surface area contributed by atoms with Gasteiger partial charge in [-0.2, -0.15) is 0 Å². The van der Waals surface area contributed by atoms with Crippen LogP contribution in [0.25, 0.3) is 21.3 Å². The van der Waals surface area contributed by atoms with Crippen molar-refractivity contribution in [2.45, 2.75) is 18.8 Å². The zero-order valence-corrected chi connectivity index (χ0v) is 15.4. The molecule has 132 valence electrons. The van der Waals surface area contributed by atoms with E-state index in [4.69, 9.17) is 14.7 Å². The summed E-state index contributed by atoms with van der Waals surface area (Å²) in [5.41, 5.74) is 3.24. The number of rotatable bonds is 3. The van der Waals surface area contributed by atoms with Gasteiger partial charge in [0.1, 0.15) is 11.6 Å². The molecule has 1 aliphatic heterocycles. The SMILES string of the molecule is COc1ccc2nc(N3CCC(c4nc5ccccc5[nH]4)CC3)sc2c1. The predicted molar refractivity (Wildman–Crippen MR) is 106 cm³/mol. The third kappa shape index (κ3) is 2.70. The quantitative estimate of drug-likeness (QED) is 0.579. The number of ether oxygens (including phenoxy) is 1. The first-order valence-electron chi connectivity index (χ1n) is 8.94. The van der Waals surface area contributed by atoms with Crippen LogP contribution in [0.1, 0.15) is 24.6 Å². The van der Waals surface area contributed by atoms with Gasteiger partial charge < -0.3 is 14.6 Å². The van der Waals surface area contributed by atoms with Crippen molar-refractivity contribution in [1.29, 1.82) is 0 Å². The standard InChI is InChI=1S/C20H20N4OS/c1-25-14-6-7-17-18(12-14)26-20(23-17)24-10-8-13(9-11-24)19-21-15-4-2-3-5-16(15)22-19/h2-7,12-13H,8-11H2,1H3,(H,21,22). The van der Waals surface area contributed by atoms with E-state index in [0.717, 1.165) is 59.2 Å². The zero-order valence-electron chi connectivity index (χ0n) is 14.6. The number of methoxy groups -OCH3 is 1. The molecule has 2 aromatic heterocycles. The fraction of sp³-hybridized carbons (Fsp3) is 0.300. The molecule has 5 rings (SSSR count). The summed E-state index contributed by atoms with van der Waals surface area (Å²) in [6.07, 6.45) is 2.19. The van der Waals surface area contributed by atoms with Crippen molar-refractivity contribution < 1.29 is 4.74 Å². The minimum Gasteiger partial charge on any atom is -0.497 e. The van der Waals surface area contributed by atoms with Gasteiger partial charge >= 0.3 is 0 Å². The van der Waals surface area contributed by atoms with E-state index in [-0.39, 0.29) is 0 Å². The fourth-order valence-corrected chi connectivity index (χ4v) is 4.71. The molecule has 26 heavy (non-hydrogen) atoms. The number of H-pyrrole nitrogens is 1. The van der Waals surface area contributed by atoms with Crippen LogP contribution in [0.3, 0.4) is 0 Å². The summed E-state index contributed by atoms with van der Waals surface area (Å²) in [5.74, 6) is 2.50. The number of anilines is 1. The minimum atomic E-state index is 0.494. The summed E-state index contributed by atoms with van der Waals surface area (Å²) < 4.78 is 6.50. The van der Waals surface area contributed by atoms with E-state index < -0.39 is 0 Å². The summed E-state index contributed by atoms with van der Waals surface area (Å²) >= 11 is 1.75. The van der Waals surface area contributed by atoms with Crippen molar-refractivity contribution >= 4 is 37.7 Å². The second-order valence-electron chi connectivity index (χ2n) is 6.73. The largest absolute Gasteiger partial charge is 0.497 e. The Labute approximate surface area is 155 Å². The van der Waals surface area contributed by atoms with Gasteiger partial charge in [0.2, 0.25) is 0 Å². The molecule has 0 aliphatic carbocycles. The van der Waals surface area contributed by atoms with E-state index in [9.17, 15) is 0 Å². The van der Waals surface area contributed by atoms with Gasteiger partial charge in [-0.1, -0.05) is 23.5 Å². The molecular weight excluding hydrogens is 344 g/mol. The Morgan fingerprint density at radius 2 is 1.92 bits per heavy atom. The van der Waals surface area contributed by atoms with E-state index in [1.807, 2.05) is 18.2 Å². The van der Waals surface area contributed by atoms with E-state index in [0.29, 0.717) is 5.92 Å². The van der Waals surface area contributed by atoms with E-state index in [1.54, 1.807) is 18.4 Å². The first-order valence-corrected chi connectivity index (χ1v) is 9.76. The average Bonchev–Trinajstić information content (AvgIpc) is 3.31. The van der Waals surface area contributed by atoms with Gasteiger partial charge in [-0.3, -0.25) is 0 Å². The maximum absolute atomic E-state index is 5.32. The topological polar surface area (TPSA) is 54.0 Å². The lowest BCUT2D eigenvalue weighted by Crippen LogP contribution is -2.33. The molecule has 5 nitrogen and oxygen atoms in total. The number of hydrogen-bond acceptors (Lipinski definition) is 5. The third-order valence-corrected chi connectivity index (χ3v) is 6.22. The Hall–Kier alpha value is -2.60. The lowest BCUT2D eigenvalue weighted by molar-refractivity contribution is 0.415. The molecule has 6 heteroatoms. The molecule has 1 saturated heterocycles. The molecule has 0 bridgehead atoms. The van der Waals surface area contributed by atoms with Gasteiger partial charge in [0.15, 0.2) is 5.13 Å². The molecule has 0 amide bonds. The summed E-state index contributed by atoms with van der Waals surface area (Å²) in [6, 6.07) is 14.3. The maximum Gasteiger partial charge on any atom is 0.186 e. The molecular formula is C20H20N4OS. The number of nitrogens with zero attached hydrogens (tertiary/aromatic N) is 3. The Kier molecular flexibility index (Phi) is 3.78. The van der Waals surface area contributed by atoms with Gasteiger partial charge in [0.05, 0.1) is 28.4 Å². The summed E-state index contributed by atoms with van der Waals surface area (Å²) in [6.45, 7) is 2.03. The van der Waals surface area contributed by atoms with Crippen LogP contribution in [0.15, 0.2) is 42.5 Å². The number of hydrogen-bond donors (Lipinski definition) is 1. The normalized spacial score (nSPS) is 15.8. The van der Waals surface area contributed by atoms with Crippen molar-refractivity contribution in [1.82, 2.24) is 15.0 Å². The zero-order chi connectivity index (χ0) is 17.5. The molecule has 2 aromatic carbocycles. The van der Waals surface area contributed by atoms with Crippen LogP contribution in [0.4, 0.5) is 5.13 Å². The molecule has 1 aliphatic rings. The monoisotopic (exact) mass is 364 g/mol. The molecule has 0 unspecified atom stereocenters. The van der Waals surface area contributed by atoms with Crippen LogP contribution in [0, 0.1) is 0 Å². The number of aromatic nitrogens is 3. The highest BCUT2D eigenvalue weighted by Gasteiger charge is 2.24. The number of thiazole rings is 1. The van der Waals surface area contributed by atoms with Crippen LogP contribution in [-0.2, 0) is 0 Å². The number of benzene rings is 2. The second kappa shape index (κ2) is 6.29. The Morgan fingerprint density at radius 3 is 2.73 bits per heavy atom. The van der Waals surface area contributed by atoms with Gasteiger partial charge in [0, 0.05) is 19.0 Å². The van der Waals surface area contributed by atoms with E-state index in [2.05, 4.69) is 34.1 Å². The first kappa shape index (κ1) is 15.6. The van der Waals surface area contributed by atoms with Crippen LogP contribution < -0.4 is 9.64 Å². The highest BCUT2D eigenvalue weighted by Crippen LogP contribution is 2.35. The molecule has 0 saturated carbocycles. The minimum absolute atomic E-state index is 0.494. The number of aromatic amines is 1. The van der Waals surface area contributed by atoms with Gasteiger partial charge in [0.25, 0.3) is 0 Å². The van der Waals surface area contributed by atoms with Crippen molar-refractivity contribution in [3.05, 3.63) is 48.3 Å². The second-order valence-corrected chi connectivity index (χ2v) is 7.74. The van der Waals surface area contributed by atoms with Crippen molar-refractivity contribution in [3.8, 4) is 5.75 Å². The first-order chi connectivity index (χ1) is 12.8. The lowest BCUT2D eigenvalue weighted by atomic mass is 9.96. The van der Waals surface area contributed by atoms with Crippen molar-refractivity contribution in [2.24, 2.45) is 0 Å². The Bertz CT molecular complexity index is 1030. The molecule has 0 atom stereocenters. The smallest absolute Gasteiger partial charge is 0.186 e. The van der Waals surface area contributed by atoms with Crippen molar-refractivity contribution in [3.63, 3.8) is 0 Å². The molecule has 3 heterocycles. The van der Waals surface area contributed by atoms with E-state index >= 15 is 0 Å². The fourth-order valence-electron chi connectivity index (χ4n) is 3.67. The highest BCUT2D eigenvalue weighted by atomic mass is 32.1. The number of imidazole rings is 1. The average molecular weight is 364 g/mol. The molecule has 4 aromatic rings. The molecule has 0 spiro atoms. The molecule has 1 fully saturated rings. The maximum atomic E-state index is 5.32. The number of nitrogens with one attached hydrogen (secondary N) is 1. The summed E-state index contributed by atoms with van der Waals surface area (Å²) in [5, 5.41) is 1.11. The van der Waals surface area contributed by atoms with Gasteiger partial charge in [-0.05, 0) is 43.2 Å². The van der Waals surface area contributed by atoms with Gasteiger partial charge in [-0.25, -0.2) is 9.97 Å². The Morgan fingerprint density at radius 1 is 1.08 bits per heavy atom. The Balaban J connectivity index is 1.33.